The van der Waals surface area contributed by atoms with Gasteiger partial charge in [-0.3, -0.25) is 9.69 Å². The second kappa shape index (κ2) is 6.40. The molecule has 3 heterocycles. The van der Waals surface area contributed by atoms with Crippen molar-refractivity contribution in [3.8, 4) is 6.07 Å². The van der Waals surface area contributed by atoms with Crippen LogP contribution in [0.5, 0.6) is 0 Å². The molecular weight excluding hydrogens is 358 g/mol. The van der Waals surface area contributed by atoms with Crippen LogP contribution in [0.4, 0.5) is 10.6 Å². The zero-order valence-corrected chi connectivity index (χ0v) is 15.7. The summed E-state index contributed by atoms with van der Waals surface area (Å²) in [7, 11) is 0. The van der Waals surface area contributed by atoms with Crippen LogP contribution in [-0.4, -0.2) is 52.1 Å². The minimum Gasteiger partial charge on any atom is -0.444 e. The van der Waals surface area contributed by atoms with E-state index in [0.29, 0.717) is 31.9 Å². The van der Waals surface area contributed by atoms with Crippen LogP contribution in [-0.2, 0) is 9.53 Å². The topological polar surface area (TPSA) is 99.4 Å². The molecule has 0 bridgehead atoms. The van der Waals surface area contributed by atoms with E-state index in [4.69, 9.17) is 16.3 Å². The Kier molecular flexibility index (Phi) is 4.53. The molecule has 9 heteroatoms. The molecule has 2 amide bonds. The van der Waals surface area contributed by atoms with Crippen molar-refractivity contribution in [3.63, 3.8) is 0 Å². The van der Waals surface area contributed by atoms with Gasteiger partial charge >= 0.3 is 6.09 Å². The molecule has 2 fully saturated rings. The van der Waals surface area contributed by atoms with Crippen molar-refractivity contribution in [3.05, 3.63) is 17.5 Å². The molecule has 0 saturated carbocycles. The van der Waals surface area contributed by atoms with Gasteiger partial charge in [-0.05, 0) is 44.9 Å². The van der Waals surface area contributed by atoms with Gasteiger partial charge in [-0.15, -0.1) is 0 Å². The highest BCUT2D eigenvalue weighted by Gasteiger charge is 2.57. The molecule has 2 aliphatic rings. The summed E-state index contributed by atoms with van der Waals surface area (Å²) < 4.78 is 5.33. The Morgan fingerprint density at radius 3 is 2.73 bits per heavy atom. The summed E-state index contributed by atoms with van der Waals surface area (Å²) in [6.07, 6.45) is 1.43. The van der Waals surface area contributed by atoms with E-state index in [1.807, 2.05) is 0 Å². The highest BCUT2D eigenvalue weighted by atomic mass is 35.5. The molecule has 8 nitrogen and oxygen atoms in total. The van der Waals surface area contributed by atoms with Crippen LogP contribution in [0.1, 0.15) is 27.2 Å². The van der Waals surface area contributed by atoms with Crippen molar-refractivity contribution in [2.75, 3.05) is 24.5 Å². The zero-order chi connectivity index (χ0) is 19.1. The molecule has 0 spiro atoms. The number of amides is 2. The fourth-order valence-electron chi connectivity index (χ4n) is 3.27. The van der Waals surface area contributed by atoms with Gasteiger partial charge in [0.15, 0.2) is 0 Å². The van der Waals surface area contributed by atoms with Gasteiger partial charge in [-0.25, -0.2) is 14.8 Å². The number of halogens is 1. The van der Waals surface area contributed by atoms with Gasteiger partial charge in [0.2, 0.25) is 11.2 Å². The lowest BCUT2D eigenvalue weighted by molar-refractivity contribution is -0.128. The van der Waals surface area contributed by atoms with E-state index in [0.717, 1.165) is 0 Å². The van der Waals surface area contributed by atoms with Gasteiger partial charge in [0.1, 0.15) is 16.8 Å². The molecule has 3 rings (SSSR count). The van der Waals surface area contributed by atoms with Gasteiger partial charge in [-0.2, -0.15) is 5.26 Å². The molecule has 2 aliphatic heterocycles. The average molecular weight is 378 g/mol. The van der Waals surface area contributed by atoms with Crippen LogP contribution >= 0.6 is 11.6 Å². The summed E-state index contributed by atoms with van der Waals surface area (Å²) >= 11 is 5.80. The molecule has 2 saturated heterocycles. The Morgan fingerprint density at radius 1 is 1.46 bits per heavy atom. The molecule has 138 valence electrons. The Hall–Kier alpha value is -2.40. The number of rotatable bonds is 2. The number of hydrogen-bond donors (Lipinski definition) is 0. The van der Waals surface area contributed by atoms with Crippen LogP contribution in [0.2, 0.25) is 5.28 Å². The third-order valence-corrected chi connectivity index (χ3v) is 4.86. The lowest BCUT2D eigenvalue weighted by Crippen LogP contribution is -2.59. The highest BCUT2D eigenvalue weighted by molar-refractivity contribution is 6.28. The maximum absolute atomic E-state index is 13.0. The second-order valence-electron chi connectivity index (χ2n) is 7.56. The van der Waals surface area contributed by atoms with Gasteiger partial charge in [0, 0.05) is 31.7 Å². The summed E-state index contributed by atoms with van der Waals surface area (Å²) in [4.78, 5) is 35.9. The second-order valence-corrected chi connectivity index (χ2v) is 7.89. The lowest BCUT2D eigenvalue weighted by Gasteiger charge is -2.44. The quantitative estimate of drug-likeness (QED) is 0.733. The normalized spacial score (nSPS) is 23.6. The van der Waals surface area contributed by atoms with Crippen molar-refractivity contribution in [2.45, 2.75) is 32.8 Å². The SMILES string of the molecule is CC(C)(C)OC(=O)N1CC(C2(C#N)CCN(c3ccnc(Cl)n3)C2=O)C1. The minimum absolute atomic E-state index is 0.0458. The predicted molar refractivity (Wildman–Crippen MR) is 93.4 cm³/mol. The van der Waals surface area contributed by atoms with Crippen molar-refractivity contribution < 1.29 is 14.3 Å². The van der Waals surface area contributed by atoms with E-state index >= 15 is 0 Å². The van der Waals surface area contributed by atoms with Gasteiger partial charge in [0.05, 0.1) is 6.07 Å². The summed E-state index contributed by atoms with van der Waals surface area (Å²) in [5.41, 5.74) is -1.74. The number of carbonyl (C=O) groups excluding carboxylic acids is 2. The van der Waals surface area contributed by atoms with E-state index in [-0.39, 0.29) is 17.1 Å². The maximum atomic E-state index is 13.0. The Bertz CT molecular complexity index is 781. The van der Waals surface area contributed by atoms with E-state index in [2.05, 4.69) is 16.0 Å². The van der Waals surface area contributed by atoms with Crippen molar-refractivity contribution in [2.24, 2.45) is 11.3 Å². The van der Waals surface area contributed by atoms with E-state index < -0.39 is 17.1 Å². The summed E-state index contributed by atoms with van der Waals surface area (Å²) in [6.45, 7) is 6.42. The van der Waals surface area contributed by atoms with Crippen molar-refractivity contribution >= 4 is 29.4 Å². The van der Waals surface area contributed by atoms with E-state index in [9.17, 15) is 14.9 Å². The monoisotopic (exact) mass is 377 g/mol. The lowest BCUT2D eigenvalue weighted by atomic mass is 9.71. The summed E-state index contributed by atoms with van der Waals surface area (Å²) in [5, 5.41) is 9.81. The number of aromatic nitrogens is 2. The standard InChI is InChI=1S/C17H20ClN5O3/c1-16(2,3)26-15(25)22-8-11(9-22)17(10-19)5-7-23(13(17)24)12-4-6-20-14(18)21-12/h4,6,11H,5,7-9H2,1-3H3. The number of nitriles is 1. The number of nitrogens with zero attached hydrogens (tertiary/aromatic N) is 5. The summed E-state index contributed by atoms with van der Waals surface area (Å²) in [5.74, 6) is -0.145. The van der Waals surface area contributed by atoms with Gasteiger partial charge < -0.3 is 9.64 Å². The first-order valence-electron chi connectivity index (χ1n) is 8.36. The van der Waals surface area contributed by atoms with Crippen molar-refractivity contribution in [1.82, 2.24) is 14.9 Å². The number of likely N-dealkylation sites (tertiary alicyclic amines) is 1. The van der Waals surface area contributed by atoms with Crippen LogP contribution in [0.15, 0.2) is 12.3 Å². The highest BCUT2D eigenvalue weighted by Crippen LogP contribution is 2.44. The Balaban J connectivity index is 1.71. The number of carbonyl (C=O) groups is 2. The van der Waals surface area contributed by atoms with Crippen LogP contribution in [0.3, 0.4) is 0 Å². The third kappa shape index (κ3) is 3.19. The molecule has 1 aromatic heterocycles. The van der Waals surface area contributed by atoms with Crippen LogP contribution in [0, 0.1) is 22.7 Å². The van der Waals surface area contributed by atoms with Crippen LogP contribution in [0.25, 0.3) is 0 Å². The number of anilines is 1. The molecule has 1 unspecified atom stereocenters. The first kappa shape index (κ1) is 18.4. The smallest absolute Gasteiger partial charge is 0.410 e. The summed E-state index contributed by atoms with van der Waals surface area (Å²) in [6, 6.07) is 3.79. The molecule has 1 aromatic rings. The van der Waals surface area contributed by atoms with Gasteiger partial charge in [0.25, 0.3) is 0 Å². The molecule has 0 N–H and O–H groups in total. The predicted octanol–water partition coefficient (Wildman–Crippen LogP) is 2.24. The Labute approximate surface area is 156 Å². The van der Waals surface area contributed by atoms with Crippen molar-refractivity contribution in [1.29, 1.82) is 5.26 Å². The zero-order valence-electron chi connectivity index (χ0n) is 14.9. The van der Waals surface area contributed by atoms with E-state index in [1.165, 1.54) is 16.0 Å². The molecule has 0 aromatic carbocycles. The van der Waals surface area contributed by atoms with E-state index in [1.54, 1.807) is 26.8 Å². The largest absolute Gasteiger partial charge is 0.444 e. The number of hydrogen-bond acceptors (Lipinski definition) is 6. The fourth-order valence-corrected chi connectivity index (χ4v) is 3.41. The fraction of sp³-hybridized carbons (Fsp3) is 0.588. The van der Waals surface area contributed by atoms with Gasteiger partial charge in [-0.1, -0.05) is 0 Å². The average Bonchev–Trinajstić information content (AvgIpc) is 2.82. The number of ether oxygens (including phenoxy) is 1. The molecule has 1 atom stereocenters. The maximum Gasteiger partial charge on any atom is 0.410 e. The Morgan fingerprint density at radius 2 is 2.15 bits per heavy atom. The molecule has 0 radical (unpaired) electrons. The van der Waals surface area contributed by atoms with Crippen LogP contribution < -0.4 is 4.90 Å². The molecule has 26 heavy (non-hydrogen) atoms. The molecule has 0 aliphatic carbocycles. The first-order valence-corrected chi connectivity index (χ1v) is 8.74. The first-order chi connectivity index (χ1) is 12.2. The molecular formula is C17H20ClN5O3. The minimum atomic E-state index is -1.16. The third-order valence-electron chi connectivity index (χ3n) is 4.67.